The molecule has 1 aliphatic rings. The highest BCUT2D eigenvalue weighted by atomic mass is 35.5. The Labute approximate surface area is 159 Å². The summed E-state index contributed by atoms with van der Waals surface area (Å²) in [4.78, 5) is 2.54. The van der Waals surface area contributed by atoms with Crippen molar-refractivity contribution in [3.63, 3.8) is 0 Å². The summed E-state index contributed by atoms with van der Waals surface area (Å²) in [5.41, 5.74) is -0.288. The molecule has 0 radical (unpaired) electrons. The molecule has 2 rings (SSSR count). The van der Waals surface area contributed by atoms with Crippen LogP contribution >= 0.6 is 11.6 Å². The lowest BCUT2D eigenvalue weighted by Gasteiger charge is -2.43. The van der Waals surface area contributed by atoms with Crippen molar-refractivity contribution in [2.24, 2.45) is 16.6 Å². The third kappa shape index (κ3) is 3.89. The highest BCUT2D eigenvalue weighted by Crippen LogP contribution is 2.46. The van der Waals surface area contributed by atoms with Gasteiger partial charge in [0.15, 0.2) is 0 Å². The first-order valence-electron chi connectivity index (χ1n) is 8.12. The van der Waals surface area contributed by atoms with E-state index in [1.165, 1.54) is 32.9 Å². The number of alkyl halides is 4. The number of nitrogens with zero attached hydrogens (tertiary/aromatic N) is 1. The second-order valence-electron chi connectivity index (χ2n) is 7.29. The fraction of sp³-hybridized carbons (Fsp3) is 0.500. The molecule has 0 amide bonds. The largest absolute Gasteiger partial charge is 0.424 e. The first-order chi connectivity index (χ1) is 12.1. The quantitative estimate of drug-likeness (QED) is 0.529. The van der Waals surface area contributed by atoms with E-state index in [-0.39, 0.29) is 11.3 Å². The third-order valence-corrected chi connectivity index (χ3v) is 5.08. The molecule has 0 aromatic heterocycles. The van der Waals surface area contributed by atoms with E-state index < -0.39 is 46.2 Å². The molecule has 2 unspecified atom stereocenters. The molecule has 1 heterocycles. The van der Waals surface area contributed by atoms with Gasteiger partial charge in [0.2, 0.25) is 5.60 Å². The van der Waals surface area contributed by atoms with Crippen molar-refractivity contribution >= 4 is 17.3 Å². The number of nitrogens with two attached hydrogens (primary N) is 1. The minimum Gasteiger partial charge on any atom is -0.390 e. The molecule has 3 atom stereocenters. The number of hydrogen-bond acceptors (Lipinski definition) is 4. The Hall–Kier alpha value is -1.48. The number of benzene rings is 1. The van der Waals surface area contributed by atoms with Gasteiger partial charge in [0.05, 0.1) is 21.9 Å². The van der Waals surface area contributed by atoms with Crippen molar-refractivity contribution in [1.29, 1.82) is 0 Å². The van der Waals surface area contributed by atoms with Gasteiger partial charge in [-0.2, -0.15) is 13.2 Å². The Morgan fingerprint density at radius 2 is 1.70 bits per heavy atom. The van der Waals surface area contributed by atoms with Gasteiger partial charge >= 0.3 is 6.18 Å². The molecule has 0 saturated carbocycles. The minimum atomic E-state index is -5.10. The van der Waals surface area contributed by atoms with Crippen LogP contribution in [-0.4, -0.2) is 44.7 Å². The van der Waals surface area contributed by atoms with Crippen LogP contribution < -0.4 is 5.73 Å². The summed E-state index contributed by atoms with van der Waals surface area (Å²) in [6, 6.07) is 4.85. The maximum atomic E-state index is 13.5. The zero-order chi connectivity index (χ0) is 20.8. The smallest absolute Gasteiger partial charge is 0.390 e. The first kappa shape index (κ1) is 21.8. The SMILES string of the molecule is CC(C)(O)C1C=C([C@@](O)(CN)C(F)(F)F)N=C(c2ccc(F)cc2)C1(C)Cl. The summed E-state index contributed by atoms with van der Waals surface area (Å²) in [5, 5.41) is 20.7. The zero-order valence-corrected chi connectivity index (χ0v) is 15.7. The van der Waals surface area contributed by atoms with Crippen LogP contribution in [0.25, 0.3) is 0 Å². The van der Waals surface area contributed by atoms with E-state index in [0.29, 0.717) is 0 Å². The Morgan fingerprint density at radius 1 is 1.19 bits per heavy atom. The number of hydrogen-bond donors (Lipinski definition) is 3. The van der Waals surface area contributed by atoms with E-state index in [4.69, 9.17) is 17.3 Å². The molecule has 150 valence electrons. The van der Waals surface area contributed by atoms with E-state index in [2.05, 4.69) is 4.99 Å². The predicted octanol–water partition coefficient (Wildman–Crippen LogP) is 3.15. The molecule has 4 nitrogen and oxygen atoms in total. The maximum Gasteiger partial charge on any atom is 0.424 e. The van der Waals surface area contributed by atoms with Crippen molar-refractivity contribution in [2.75, 3.05) is 6.54 Å². The number of aliphatic hydroxyl groups is 2. The fourth-order valence-corrected chi connectivity index (χ4v) is 3.63. The highest BCUT2D eigenvalue weighted by Gasteiger charge is 2.58. The fourth-order valence-electron chi connectivity index (χ4n) is 3.15. The molecule has 1 aromatic carbocycles. The Balaban J connectivity index is 2.75. The van der Waals surface area contributed by atoms with Gasteiger partial charge in [0.1, 0.15) is 5.82 Å². The number of rotatable bonds is 4. The molecule has 27 heavy (non-hydrogen) atoms. The normalized spacial score (nSPS) is 26.3. The second-order valence-corrected chi connectivity index (χ2v) is 8.07. The number of halogens is 5. The Bertz CT molecular complexity index is 767. The van der Waals surface area contributed by atoms with Gasteiger partial charge < -0.3 is 15.9 Å². The molecular weight excluding hydrogens is 388 g/mol. The van der Waals surface area contributed by atoms with Crippen LogP contribution in [0.2, 0.25) is 0 Å². The van der Waals surface area contributed by atoms with Crippen molar-refractivity contribution < 1.29 is 27.8 Å². The van der Waals surface area contributed by atoms with E-state index in [1.807, 2.05) is 0 Å². The molecule has 1 aliphatic heterocycles. The molecule has 0 spiro atoms. The lowest BCUT2D eigenvalue weighted by Crippen LogP contribution is -2.56. The van der Waals surface area contributed by atoms with Crippen LogP contribution in [0.4, 0.5) is 17.6 Å². The summed E-state index contributed by atoms with van der Waals surface area (Å²) in [6.45, 7) is 3.09. The predicted molar refractivity (Wildman–Crippen MR) is 95.1 cm³/mol. The molecule has 0 aliphatic carbocycles. The standard InChI is InChI=1S/C18H21ClF4N2O2/c1-15(2,26)12-8-13(17(27,9-24)18(21,22)23)25-14(16(12,3)19)10-4-6-11(20)7-5-10/h4-8,12,26-27H,9,24H2,1-3H3/t12?,16?,17-/m0/s1. The summed E-state index contributed by atoms with van der Waals surface area (Å²) in [6.07, 6.45) is -4.10. The van der Waals surface area contributed by atoms with Gasteiger partial charge in [-0.3, -0.25) is 4.99 Å². The van der Waals surface area contributed by atoms with Gasteiger partial charge in [0.25, 0.3) is 0 Å². The average molecular weight is 409 g/mol. The van der Waals surface area contributed by atoms with Crippen LogP contribution in [0.15, 0.2) is 41.0 Å². The van der Waals surface area contributed by atoms with Gasteiger partial charge in [-0.15, -0.1) is 11.6 Å². The van der Waals surface area contributed by atoms with E-state index in [0.717, 1.165) is 18.2 Å². The molecule has 9 heteroatoms. The lowest BCUT2D eigenvalue weighted by molar-refractivity contribution is -0.240. The average Bonchev–Trinajstić information content (AvgIpc) is 2.52. The van der Waals surface area contributed by atoms with Crippen LogP contribution in [0.5, 0.6) is 0 Å². The Morgan fingerprint density at radius 3 is 2.11 bits per heavy atom. The van der Waals surface area contributed by atoms with E-state index in [1.54, 1.807) is 0 Å². The molecule has 0 saturated heterocycles. The van der Waals surface area contributed by atoms with Gasteiger partial charge in [0, 0.05) is 12.5 Å². The van der Waals surface area contributed by atoms with Crippen molar-refractivity contribution in [3.05, 3.63) is 47.4 Å². The highest BCUT2D eigenvalue weighted by molar-refractivity contribution is 6.39. The van der Waals surface area contributed by atoms with Crippen molar-refractivity contribution in [1.82, 2.24) is 0 Å². The van der Waals surface area contributed by atoms with Crippen molar-refractivity contribution in [2.45, 2.75) is 43.0 Å². The summed E-state index contributed by atoms with van der Waals surface area (Å²) < 4.78 is 53.8. The van der Waals surface area contributed by atoms with Crippen LogP contribution in [0, 0.1) is 11.7 Å². The van der Waals surface area contributed by atoms with E-state index >= 15 is 0 Å². The van der Waals surface area contributed by atoms with Crippen LogP contribution in [0.1, 0.15) is 26.3 Å². The molecule has 0 bridgehead atoms. The third-order valence-electron chi connectivity index (χ3n) is 4.67. The molecule has 4 N–H and O–H groups in total. The van der Waals surface area contributed by atoms with Crippen LogP contribution in [0.3, 0.4) is 0 Å². The summed E-state index contributed by atoms with van der Waals surface area (Å²) >= 11 is 6.61. The molecule has 0 fully saturated rings. The number of aliphatic imine (C=N–C) groups is 1. The van der Waals surface area contributed by atoms with Gasteiger partial charge in [-0.25, -0.2) is 4.39 Å². The minimum absolute atomic E-state index is 0.0371. The molecular formula is C18H21ClF4N2O2. The zero-order valence-electron chi connectivity index (χ0n) is 15.0. The molecule has 1 aromatic rings. The second kappa shape index (κ2) is 6.84. The van der Waals surface area contributed by atoms with Crippen molar-refractivity contribution in [3.8, 4) is 0 Å². The first-order valence-corrected chi connectivity index (χ1v) is 8.50. The van der Waals surface area contributed by atoms with Gasteiger partial charge in [-0.05, 0) is 38.5 Å². The monoisotopic (exact) mass is 408 g/mol. The topological polar surface area (TPSA) is 78.8 Å². The Kier molecular flexibility index (Phi) is 5.53. The maximum absolute atomic E-state index is 13.5. The van der Waals surface area contributed by atoms with Crippen LogP contribution in [-0.2, 0) is 0 Å². The van der Waals surface area contributed by atoms with Gasteiger partial charge in [-0.1, -0.05) is 18.2 Å². The van der Waals surface area contributed by atoms with E-state index in [9.17, 15) is 27.8 Å². The summed E-state index contributed by atoms with van der Waals surface area (Å²) in [7, 11) is 0. The summed E-state index contributed by atoms with van der Waals surface area (Å²) in [5.74, 6) is -1.60. The lowest BCUT2D eigenvalue weighted by atomic mass is 9.73.